The summed E-state index contributed by atoms with van der Waals surface area (Å²) in [6, 6.07) is 7.76. The van der Waals surface area contributed by atoms with E-state index < -0.39 is 0 Å². The van der Waals surface area contributed by atoms with Crippen LogP contribution >= 0.6 is 0 Å². The number of hydrogen-bond acceptors (Lipinski definition) is 5. The topological polar surface area (TPSA) is 79.9 Å². The van der Waals surface area contributed by atoms with Crippen LogP contribution < -0.4 is 5.32 Å². The Kier molecular flexibility index (Phi) is 4.39. The minimum atomic E-state index is 0.579. The lowest BCUT2D eigenvalue weighted by Crippen LogP contribution is -2.11. The minimum Gasteiger partial charge on any atom is -0.458 e. The molecule has 0 aromatic carbocycles. The molecule has 116 valence electrons. The van der Waals surface area contributed by atoms with Crippen LogP contribution in [0.2, 0.25) is 0 Å². The molecule has 2 N–H and O–H groups in total. The van der Waals surface area contributed by atoms with Crippen molar-refractivity contribution in [1.82, 2.24) is 20.7 Å². The van der Waals surface area contributed by atoms with E-state index in [1.807, 2.05) is 24.3 Å². The standard InChI is InChI=1S/C16H20N4O2/c1-11(2)7-12-8-14(22-20-12)10-17-9-13-3-4-16(21-13)15-5-6-18-19-15/h3-6,8,11,17H,7,9-10H2,1-2H3,(H,18,19). The van der Waals surface area contributed by atoms with Crippen molar-refractivity contribution < 1.29 is 8.94 Å². The Labute approximate surface area is 128 Å². The summed E-state index contributed by atoms with van der Waals surface area (Å²) in [4.78, 5) is 0. The molecule has 0 bridgehead atoms. The summed E-state index contributed by atoms with van der Waals surface area (Å²) in [6.45, 7) is 5.60. The van der Waals surface area contributed by atoms with E-state index in [1.165, 1.54) is 0 Å². The molecule has 0 aliphatic carbocycles. The highest BCUT2D eigenvalue weighted by molar-refractivity contribution is 5.51. The Balaban J connectivity index is 1.50. The van der Waals surface area contributed by atoms with Crippen LogP contribution in [0.1, 0.15) is 31.1 Å². The predicted molar refractivity (Wildman–Crippen MR) is 81.9 cm³/mol. The molecule has 3 rings (SSSR count). The van der Waals surface area contributed by atoms with E-state index in [2.05, 4.69) is 34.5 Å². The maximum Gasteiger partial charge on any atom is 0.152 e. The van der Waals surface area contributed by atoms with Crippen molar-refractivity contribution in [1.29, 1.82) is 0 Å². The van der Waals surface area contributed by atoms with Crippen LogP contribution in [-0.2, 0) is 19.5 Å². The van der Waals surface area contributed by atoms with Gasteiger partial charge in [-0.05, 0) is 30.5 Å². The molecule has 0 saturated heterocycles. The highest BCUT2D eigenvalue weighted by atomic mass is 16.5. The van der Waals surface area contributed by atoms with Gasteiger partial charge >= 0.3 is 0 Å². The Morgan fingerprint density at radius 1 is 1.18 bits per heavy atom. The second kappa shape index (κ2) is 6.62. The minimum absolute atomic E-state index is 0.579. The molecular formula is C16H20N4O2. The molecule has 0 unspecified atom stereocenters. The van der Waals surface area contributed by atoms with Crippen LogP contribution in [0, 0.1) is 5.92 Å². The smallest absolute Gasteiger partial charge is 0.152 e. The van der Waals surface area contributed by atoms with Crippen molar-refractivity contribution in [3.63, 3.8) is 0 Å². The van der Waals surface area contributed by atoms with Gasteiger partial charge in [-0.3, -0.25) is 5.10 Å². The summed E-state index contributed by atoms with van der Waals surface area (Å²) in [6.07, 6.45) is 2.64. The number of furan rings is 1. The van der Waals surface area contributed by atoms with Gasteiger partial charge in [-0.2, -0.15) is 5.10 Å². The normalized spacial score (nSPS) is 11.4. The number of rotatable bonds is 7. The lowest BCUT2D eigenvalue weighted by molar-refractivity contribution is 0.362. The number of hydrogen-bond donors (Lipinski definition) is 2. The van der Waals surface area contributed by atoms with Gasteiger partial charge in [0, 0.05) is 12.3 Å². The van der Waals surface area contributed by atoms with E-state index in [0.29, 0.717) is 19.0 Å². The molecule has 0 aliphatic heterocycles. The average Bonchev–Trinajstić information content (AvgIpc) is 3.18. The third kappa shape index (κ3) is 3.65. The molecule has 6 nitrogen and oxygen atoms in total. The van der Waals surface area contributed by atoms with Gasteiger partial charge in [0.15, 0.2) is 11.5 Å². The predicted octanol–water partition coefficient (Wildman–Crippen LogP) is 3.15. The van der Waals surface area contributed by atoms with Gasteiger partial charge in [0.05, 0.1) is 18.8 Å². The monoisotopic (exact) mass is 300 g/mol. The lowest BCUT2D eigenvalue weighted by Gasteiger charge is -1.99. The second-order valence-corrected chi connectivity index (χ2v) is 5.72. The summed E-state index contributed by atoms with van der Waals surface area (Å²) in [5.74, 6) is 3.07. The Morgan fingerprint density at radius 3 is 2.82 bits per heavy atom. The van der Waals surface area contributed by atoms with Gasteiger partial charge in [0.25, 0.3) is 0 Å². The van der Waals surface area contributed by atoms with Crippen molar-refractivity contribution >= 4 is 0 Å². The number of nitrogens with one attached hydrogen (secondary N) is 2. The SMILES string of the molecule is CC(C)Cc1cc(CNCc2ccc(-c3ccn[nH]3)o2)on1. The third-order valence-electron chi connectivity index (χ3n) is 3.25. The maximum atomic E-state index is 5.74. The zero-order chi connectivity index (χ0) is 15.4. The Morgan fingerprint density at radius 2 is 2.05 bits per heavy atom. The number of aromatic amines is 1. The van der Waals surface area contributed by atoms with Gasteiger partial charge < -0.3 is 14.3 Å². The van der Waals surface area contributed by atoms with Crippen LogP contribution in [-0.4, -0.2) is 15.4 Å². The number of aromatic nitrogens is 3. The summed E-state index contributed by atoms with van der Waals surface area (Å²) in [5, 5.41) is 14.2. The molecule has 0 aliphatic rings. The molecule has 0 spiro atoms. The van der Waals surface area contributed by atoms with E-state index in [9.17, 15) is 0 Å². The lowest BCUT2D eigenvalue weighted by atomic mass is 10.1. The van der Waals surface area contributed by atoms with Gasteiger partial charge in [-0.25, -0.2) is 0 Å². The highest BCUT2D eigenvalue weighted by Gasteiger charge is 2.08. The van der Waals surface area contributed by atoms with Crippen molar-refractivity contribution in [3.8, 4) is 11.5 Å². The molecular weight excluding hydrogens is 280 g/mol. The molecule has 3 aromatic heterocycles. The van der Waals surface area contributed by atoms with E-state index in [-0.39, 0.29) is 0 Å². The molecule has 22 heavy (non-hydrogen) atoms. The van der Waals surface area contributed by atoms with Gasteiger partial charge in [0.2, 0.25) is 0 Å². The molecule has 3 aromatic rings. The summed E-state index contributed by atoms with van der Waals surface area (Å²) in [7, 11) is 0. The van der Waals surface area contributed by atoms with Crippen LogP contribution in [0.4, 0.5) is 0 Å². The first-order chi connectivity index (χ1) is 10.7. The summed E-state index contributed by atoms with van der Waals surface area (Å²) in [5.41, 5.74) is 1.88. The molecule has 3 heterocycles. The van der Waals surface area contributed by atoms with Crippen LogP contribution in [0.3, 0.4) is 0 Å². The van der Waals surface area contributed by atoms with E-state index in [4.69, 9.17) is 8.94 Å². The van der Waals surface area contributed by atoms with E-state index >= 15 is 0 Å². The first-order valence-corrected chi connectivity index (χ1v) is 7.44. The fourth-order valence-corrected chi connectivity index (χ4v) is 2.27. The van der Waals surface area contributed by atoms with E-state index in [0.717, 1.165) is 35.1 Å². The largest absolute Gasteiger partial charge is 0.458 e. The van der Waals surface area contributed by atoms with Crippen LogP contribution in [0.25, 0.3) is 11.5 Å². The summed E-state index contributed by atoms with van der Waals surface area (Å²) < 4.78 is 11.1. The zero-order valence-corrected chi connectivity index (χ0v) is 12.8. The molecule has 6 heteroatoms. The Bertz CT molecular complexity index is 697. The second-order valence-electron chi connectivity index (χ2n) is 5.72. The van der Waals surface area contributed by atoms with Gasteiger partial charge in [-0.15, -0.1) is 0 Å². The quantitative estimate of drug-likeness (QED) is 0.700. The molecule has 0 atom stereocenters. The fourth-order valence-electron chi connectivity index (χ4n) is 2.27. The highest BCUT2D eigenvalue weighted by Crippen LogP contribution is 2.19. The van der Waals surface area contributed by atoms with Crippen LogP contribution in [0.15, 0.2) is 39.4 Å². The van der Waals surface area contributed by atoms with Crippen LogP contribution in [0.5, 0.6) is 0 Å². The van der Waals surface area contributed by atoms with E-state index in [1.54, 1.807) is 6.20 Å². The number of H-pyrrole nitrogens is 1. The first kappa shape index (κ1) is 14.6. The molecule has 0 amide bonds. The molecule has 0 radical (unpaired) electrons. The molecule has 0 saturated carbocycles. The first-order valence-electron chi connectivity index (χ1n) is 7.44. The fraction of sp³-hybridized carbons (Fsp3) is 0.375. The maximum absolute atomic E-state index is 5.74. The van der Waals surface area contributed by atoms with Crippen molar-refractivity contribution in [3.05, 3.63) is 47.7 Å². The van der Waals surface area contributed by atoms with Gasteiger partial charge in [0.1, 0.15) is 11.5 Å². The molecule has 0 fully saturated rings. The van der Waals surface area contributed by atoms with Crippen molar-refractivity contribution in [2.24, 2.45) is 5.92 Å². The Hall–Kier alpha value is -2.34. The number of nitrogens with zero attached hydrogens (tertiary/aromatic N) is 2. The van der Waals surface area contributed by atoms with Crippen molar-refractivity contribution in [2.45, 2.75) is 33.4 Å². The van der Waals surface area contributed by atoms with Gasteiger partial charge in [-0.1, -0.05) is 19.0 Å². The third-order valence-corrected chi connectivity index (χ3v) is 3.25. The summed E-state index contributed by atoms with van der Waals surface area (Å²) >= 11 is 0. The average molecular weight is 300 g/mol. The zero-order valence-electron chi connectivity index (χ0n) is 12.8. The van der Waals surface area contributed by atoms with Crippen molar-refractivity contribution in [2.75, 3.05) is 0 Å².